The van der Waals surface area contributed by atoms with Gasteiger partial charge in [-0.25, -0.2) is 0 Å². The van der Waals surface area contributed by atoms with Crippen LogP contribution in [0.2, 0.25) is 0 Å². The van der Waals surface area contributed by atoms with Gasteiger partial charge < -0.3 is 15.0 Å². The van der Waals surface area contributed by atoms with Crippen LogP contribution in [0.5, 0.6) is 0 Å². The lowest BCUT2D eigenvalue weighted by Gasteiger charge is -2.09. The van der Waals surface area contributed by atoms with Crippen molar-refractivity contribution in [3.63, 3.8) is 0 Å². The van der Waals surface area contributed by atoms with E-state index in [1.165, 1.54) is 19.4 Å². The Balaban J connectivity index is 2.84. The van der Waals surface area contributed by atoms with Crippen LogP contribution in [-0.2, 0) is 4.74 Å². The Hall–Kier alpha value is -0.120. The first-order valence-corrected chi connectivity index (χ1v) is 5.11. The maximum absolute atomic E-state index is 4.97. The summed E-state index contributed by atoms with van der Waals surface area (Å²) in [4.78, 5) is 2.21. The molecule has 0 saturated heterocycles. The summed E-state index contributed by atoms with van der Waals surface area (Å²) in [6, 6.07) is 0. The fourth-order valence-corrected chi connectivity index (χ4v) is 1.14. The lowest BCUT2D eigenvalue weighted by Crippen LogP contribution is -2.22. The van der Waals surface area contributed by atoms with E-state index in [0.29, 0.717) is 0 Å². The highest BCUT2D eigenvalue weighted by molar-refractivity contribution is 4.50. The van der Waals surface area contributed by atoms with Gasteiger partial charge in [-0.3, -0.25) is 0 Å². The molecule has 3 heteroatoms. The van der Waals surface area contributed by atoms with E-state index < -0.39 is 0 Å². The van der Waals surface area contributed by atoms with Crippen LogP contribution in [0, 0.1) is 0 Å². The smallest absolute Gasteiger partial charge is 0.0462 e. The lowest BCUT2D eigenvalue weighted by molar-refractivity contribution is 0.192. The van der Waals surface area contributed by atoms with E-state index in [2.05, 4.69) is 24.3 Å². The van der Waals surface area contributed by atoms with Crippen LogP contribution < -0.4 is 5.32 Å². The van der Waals surface area contributed by atoms with Gasteiger partial charge in [0, 0.05) is 13.7 Å². The van der Waals surface area contributed by atoms with Gasteiger partial charge in [0.05, 0.1) is 0 Å². The Morgan fingerprint density at radius 3 is 2.38 bits per heavy atom. The van der Waals surface area contributed by atoms with Crippen LogP contribution in [-0.4, -0.2) is 52.3 Å². The minimum absolute atomic E-state index is 0.888. The molecule has 0 aliphatic carbocycles. The largest absolute Gasteiger partial charge is 0.385 e. The van der Waals surface area contributed by atoms with E-state index >= 15 is 0 Å². The van der Waals surface area contributed by atoms with Crippen molar-refractivity contribution >= 4 is 0 Å². The maximum Gasteiger partial charge on any atom is 0.0462 e. The van der Waals surface area contributed by atoms with Gasteiger partial charge in [0.2, 0.25) is 0 Å². The van der Waals surface area contributed by atoms with E-state index in [-0.39, 0.29) is 0 Å². The van der Waals surface area contributed by atoms with Crippen molar-refractivity contribution in [1.82, 2.24) is 10.2 Å². The summed E-state index contributed by atoms with van der Waals surface area (Å²) in [5.41, 5.74) is 0. The summed E-state index contributed by atoms with van der Waals surface area (Å²) < 4.78 is 4.97. The van der Waals surface area contributed by atoms with E-state index in [4.69, 9.17) is 4.74 Å². The second-order valence-electron chi connectivity index (χ2n) is 3.61. The van der Waals surface area contributed by atoms with Crippen molar-refractivity contribution in [2.45, 2.75) is 19.3 Å². The molecule has 1 N–H and O–H groups in total. The second kappa shape index (κ2) is 9.96. The highest BCUT2D eigenvalue weighted by Gasteiger charge is 1.90. The fraction of sp³-hybridized carbons (Fsp3) is 1.00. The molecule has 0 aliphatic heterocycles. The van der Waals surface area contributed by atoms with Gasteiger partial charge in [-0.05, 0) is 53.0 Å². The van der Waals surface area contributed by atoms with Crippen LogP contribution in [0.25, 0.3) is 0 Å². The van der Waals surface area contributed by atoms with E-state index in [1.54, 1.807) is 7.11 Å². The molecule has 13 heavy (non-hydrogen) atoms. The standard InChI is InChI=1S/C10H24N2O/c1-12(2)9-6-8-11-7-4-5-10-13-3/h11H,4-10H2,1-3H3. The summed E-state index contributed by atoms with van der Waals surface area (Å²) in [6.07, 6.45) is 3.62. The first kappa shape index (κ1) is 12.9. The first-order valence-electron chi connectivity index (χ1n) is 5.11. The minimum atomic E-state index is 0.888. The third-order valence-electron chi connectivity index (χ3n) is 1.91. The molecule has 0 unspecified atom stereocenters. The maximum atomic E-state index is 4.97. The van der Waals surface area contributed by atoms with Gasteiger partial charge in [-0.15, -0.1) is 0 Å². The topological polar surface area (TPSA) is 24.5 Å². The van der Waals surface area contributed by atoms with Gasteiger partial charge in [0.15, 0.2) is 0 Å². The average molecular weight is 188 g/mol. The van der Waals surface area contributed by atoms with Crippen molar-refractivity contribution in [3.8, 4) is 0 Å². The molecular formula is C10H24N2O. The van der Waals surface area contributed by atoms with Crippen LogP contribution in [0.1, 0.15) is 19.3 Å². The molecule has 0 spiro atoms. The quantitative estimate of drug-likeness (QED) is 0.545. The van der Waals surface area contributed by atoms with Crippen molar-refractivity contribution in [2.75, 3.05) is 47.4 Å². The number of hydrogen-bond donors (Lipinski definition) is 1. The molecule has 0 aromatic heterocycles. The molecule has 3 nitrogen and oxygen atoms in total. The summed E-state index contributed by atoms with van der Waals surface area (Å²) in [5, 5.41) is 3.42. The fourth-order valence-electron chi connectivity index (χ4n) is 1.14. The number of ether oxygens (including phenoxy) is 1. The van der Waals surface area contributed by atoms with E-state index in [9.17, 15) is 0 Å². The minimum Gasteiger partial charge on any atom is -0.385 e. The van der Waals surface area contributed by atoms with Crippen LogP contribution in [0.15, 0.2) is 0 Å². The van der Waals surface area contributed by atoms with Gasteiger partial charge in [0.1, 0.15) is 0 Å². The lowest BCUT2D eigenvalue weighted by atomic mass is 10.3. The number of nitrogens with one attached hydrogen (secondary N) is 1. The highest BCUT2D eigenvalue weighted by atomic mass is 16.5. The third-order valence-corrected chi connectivity index (χ3v) is 1.91. The monoisotopic (exact) mass is 188 g/mol. The van der Waals surface area contributed by atoms with Crippen molar-refractivity contribution in [1.29, 1.82) is 0 Å². The summed E-state index contributed by atoms with van der Waals surface area (Å²) in [7, 11) is 5.97. The molecule has 0 amide bonds. The molecule has 80 valence electrons. The van der Waals surface area contributed by atoms with Crippen LogP contribution in [0.4, 0.5) is 0 Å². The Morgan fingerprint density at radius 2 is 1.77 bits per heavy atom. The predicted octanol–water partition coefficient (Wildman–Crippen LogP) is 0.954. The molecule has 0 aromatic rings. The number of rotatable bonds is 9. The number of nitrogens with zero attached hydrogens (tertiary/aromatic N) is 1. The molecular weight excluding hydrogens is 164 g/mol. The van der Waals surface area contributed by atoms with Crippen molar-refractivity contribution in [2.24, 2.45) is 0 Å². The zero-order valence-electron chi connectivity index (χ0n) is 9.31. The molecule has 0 fully saturated rings. The third kappa shape index (κ3) is 11.9. The summed E-state index contributed by atoms with van der Waals surface area (Å²) in [5.74, 6) is 0. The molecule has 0 aliphatic rings. The van der Waals surface area contributed by atoms with Gasteiger partial charge in [-0.1, -0.05) is 0 Å². The first-order chi connectivity index (χ1) is 6.27. The highest BCUT2D eigenvalue weighted by Crippen LogP contribution is 1.87. The number of hydrogen-bond acceptors (Lipinski definition) is 3. The Morgan fingerprint density at radius 1 is 1.08 bits per heavy atom. The Bertz CT molecular complexity index is 96.9. The molecule has 0 heterocycles. The van der Waals surface area contributed by atoms with Gasteiger partial charge in [-0.2, -0.15) is 0 Å². The van der Waals surface area contributed by atoms with Gasteiger partial charge in [0.25, 0.3) is 0 Å². The zero-order valence-corrected chi connectivity index (χ0v) is 9.31. The number of methoxy groups -OCH3 is 1. The summed E-state index contributed by atoms with van der Waals surface area (Å²) in [6.45, 7) is 4.31. The zero-order chi connectivity index (χ0) is 9.94. The van der Waals surface area contributed by atoms with E-state index in [0.717, 1.165) is 26.1 Å². The number of unbranched alkanes of at least 4 members (excludes halogenated alkanes) is 1. The van der Waals surface area contributed by atoms with Crippen LogP contribution >= 0.6 is 0 Å². The van der Waals surface area contributed by atoms with Crippen molar-refractivity contribution < 1.29 is 4.74 Å². The summed E-state index contributed by atoms with van der Waals surface area (Å²) >= 11 is 0. The molecule has 0 aromatic carbocycles. The normalized spacial score (nSPS) is 11.1. The van der Waals surface area contributed by atoms with E-state index in [1.807, 2.05) is 0 Å². The van der Waals surface area contributed by atoms with Gasteiger partial charge >= 0.3 is 0 Å². The Labute approximate surface area is 82.4 Å². The predicted molar refractivity (Wildman–Crippen MR) is 57.2 cm³/mol. The van der Waals surface area contributed by atoms with Crippen LogP contribution in [0.3, 0.4) is 0 Å². The molecule has 0 rings (SSSR count). The van der Waals surface area contributed by atoms with Crippen molar-refractivity contribution in [3.05, 3.63) is 0 Å². The average Bonchev–Trinajstić information content (AvgIpc) is 2.09. The Kier molecular flexibility index (Phi) is 9.87. The SMILES string of the molecule is COCCCCNCCCN(C)C. The second-order valence-corrected chi connectivity index (χ2v) is 3.61. The molecule has 0 saturated carbocycles. The molecule has 0 atom stereocenters. The molecule has 0 radical (unpaired) electrons. The molecule has 0 bridgehead atoms.